The molecule has 1 aliphatic rings. The molecule has 2 rings (SSSR count). The molecule has 0 amide bonds. The SMILES string of the molecule is CN=C(NCC(c1ccccc1OC)N(C)C)NC1CCN(C(C)C)CC1. The highest BCUT2D eigenvalue weighted by atomic mass is 16.5. The van der Waals surface area contributed by atoms with Gasteiger partial charge in [-0.2, -0.15) is 0 Å². The van der Waals surface area contributed by atoms with Crippen LogP contribution >= 0.6 is 0 Å². The number of likely N-dealkylation sites (tertiary alicyclic amines) is 1. The lowest BCUT2D eigenvalue weighted by molar-refractivity contribution is 0.167. The number of methoxy groups -OCH3 is 1. The Morgan fingerprint density at radius 3 is 2.48 bits per heavy atom. The zero-order valence-corrected chi connectivity index (χ0v) is 17.8. The van der Waals surface area contributed by atoms with Crippen molar-refractivity contribution in [1.82, 2.24) is 20.4 Å². The topological polar surface area (TPSA) is 52.1 Å². The maximum absolute atomic E-state index is 5.56. The van der Waals surface area contributed by atoms with Gasteiger partial charge >= 0.3 is 0 Å². The molecule has 0 aromatic heterocycles. The smallest absolute Gasteiger partial charge is 0.191 e. The highest BCUT2D eigenvalue weighted by molar-refractivity contribution is 5.80. The Balaban J connectivity index is 1.93. The van der Waals surface area contributed by atoms with Gasteiger partial charge in [0, 0.05) is 44.3 Å². The van der Waals surface area contributed by atoms with Crippen molar-refractivity contribution in [3.8, 4) is 5.75 Å². The summed E-state index contributed by atoms with van der Waals surface area (Å²) in [5.74, 6) is 1.79. The van der Waals surface area contributed by atoms with Crippen molar-refractivity contribution >= 4 is 5.96 Å². The molecule has 152 valence electrons. The van der Waals surface area contributed by atoms with Crippen LogP contribution in [0.25, 0.3) is 0 Å². The molecule has 6 heteroatoms. The van der Waals surface area contributed by atoms with Crippen LogP contribution in [0.5, 0.6) is 5.75 Å². The third-order valence-corrected chi connectivity index (χ3v) is 5.41. The fourth-order valence-corrected chi connectivity index (χ4v) is 3.65. The zero-order valence-electron chi connectivity index (χ0n) is 17.8. The van der Waals surface area contributed by atoms with Gasteiger partial charge < -0.3 is 25.2 Å². The van der Waals surface area contributed by atoms with Gasteiger partial charge in [-0.15, -0.1) is 0 Å². The van der Waals surface area contributed by atoms with E-state index in [-0.39, 0.29) is 6.04 Å². The quantitative estimate of drug-likeness (QED) is 0.566. The van der Waals surface area contributed by atoms with E-state index in [2.05, 4.69) is 65.5 Å². The highest BCUT2D eigenvalue weighted by Crippen LogP contribution is 2.27. The third-order valence-electron chi connectivity index (χ3n) is 5.41. The summed E-state index contributed by atoms with van der Waals surface area (Å²) in [6.45, 7) is 7.60. The van der Waals surface area contributed by atoms with Gasteiger partial charge in [0.25, 0.3) is 0 Å². The van der Waals surface area contributed by atoms with Gasteiger partial charge in [0.1, 0.15) is 5.75 Å². The van der Waals surface area contributed by atoms with Crippen LogP contribution < -0.4 is 15.4 Å². The molecule has 1 aliphatic heterocycles. The summed E-state index contributed by atoms with van der Waals surface area (Å²) in [7, 11) is 7.75. The Kier molecular flexibility index (Phi) is 8.38. The highest BCUT2D eigenvalue weighted by Gasteiger charge is 2.22. The Morgan fingerprint density at radius 1 is 1.26 bits per heavy atom. The summed E-state index contributed by atoms with van der Waals surface area (Å²) in [5, 5.41) is 7.11. The molecular weight excluding hydrogens is 338 g/mol. The Hall–Kier alpha value is -1.79. The molecule has 1 unspecified atom stereocenters. The van der Waals surface area contributed by atoms with E-state index in [9.17, 15) is 0 Å². The second kappa shape index (κ2) is 10.5. The second-order valence-electron chi connectivity index (χ2n) is 7.72. The van der Waals surface area contributed by atoms with Crippen LogP contribution in [0.2, 0.25) is 0 Å². The first-order valence-electron chi connectivity index (χ1n) is 9.96. The molecule has 0 aliphatic carbocycles. The number of aliphatic imine (C=N–C) groups is 1. The van der Waals surface area contributed by atoms with Crippen LogP contribution in [0, 0.1) is 0 Å². The molecular formula is C21H37N5O. The van der Waals surface area contributed by atoms with Crippen molar-refractivity contribution in [2.75, 3.05) is 47.9 Å². The second-order valence-corrected chi connectivity index (χ2v) is 7.72. The van der Waals surface area contributed by atoms with Crippen molar-refractivity contribution in [2.45, 2.75) is 44.8 Å². The van der Waals surface area contributed by atoms with Gasteiger partial charge in [0.05, 0.1) is 13.2 Å². The van der Waals surface area contributed by atoms with Crippen LogP contribution in [0.1, 0.15) is 38.3 Å². The van der Waals surface area contributed by atoms with E-state index < -0.39 is 0 Å². The fraction of sp³-hybridized carbons (Fsp3) is 0.667. The lowest BCUT2D eigenvalue weighted by Gasteiger charge is -2.35. The summed E-state index contributed by atoms with van der Waals surface area (Å²) in [5.41, 5.74) is 1.18. The van der Waals surface area contributed by atoms with E-state index in [0.717, 1.165) is 44.2 Å². The van der Waals surface area contributed by atoms with Crippen LogP contribution in [-0.2, 0) is 0 Å². The number of nitrogens with zero attached hydrogens (tertiary/aromatic N) is 3. The summed E-state index contributed by atoms with van der Waals surface area (Å²) < 4.78 is 5.56. The van der Waals surface area contributed by atoms with Gasteiger partial charge in [-0.05, 0) is 46.9 Å². The first-order valence-corrected chi connectivity index (χ1v) is 9.96. The van der Waals surface area contributed by atoms with Crippen LogP contribution in [0.15, 0.2) is 29.3 Å². The predicted molar refractivity (Wildman–Crippen MR) is 114 cm³/mol. The zero-order chi connectivity index (χ0) is 19.8. The number of benzene rings is 1. The average molecular weight is 376 g/mol. The molecule has 2 N–H and O–H groups in total. The van der Waals surface area contributed by atoms with E-state index in [1.54, 1.807) is 7.11 Å². The number of hydrogen-bond donors (Lipinski definition) is 2. The first-order chi connectivity index (χ1) is 13.0. The molecule has 0 spiro atoms. The third kappa shape index (κ3) is 6.11. The van der Waals surface area contributed by atoms with Gasteiger partial charge in [-0.3, -0.25) is 4.99 Å². The standard InChI is InChI=1S/C21H37N5O/c1-16(2)26-13-11-17(12-14-26)24-21(22-3)23-15-19(25(4)5)18-9-7-8-10-20(18)27-6/h7-10,16-17,19H,11-15H2,1-6H3,(H2,22,23,24). The molecule has 1 heterocycles. The molecule has 1 fully saturated rings. The van der Waals surface area contributed by atoms with Crippen LogP contribution in [-0.4, -0.2) is 75.7 Å². The van der Waals surface area contributed by atoms with Crippen LogP contribution in [0.4, 0.5) is 0 Å². The van der Waals surface area contributed by atoms with E-state index in [4.69, 9.17) is 4.74 Å². The monoisotopic (exact) mass is 375 g/mol. The largest absolute Gasteiger partial charge is 0.496 e. The number of nitrogens with one attached hydrogen (secondary N) is 2. The molecule has 1 aromatic carbocycles. The van der Waals surface area contributed by atoms with Gasteiger partial charge in [0.2, 0.25) is 0 Å². The van der Waals surface area contributed by atoms with Crippen molar-refractivity contribution in [1.29, 1.82) is 0 Å². The number of ether oxygens (including phenoxy) is 1. The molecule has 27 heavy (non-hydrogen) atoms. The Bertz CT molecular complexity index is 594. The predicted octanol–water partition coefficient (Wildman–Crippen LogP) is 2.34. The van der Waals surface area contributed by atoms with Gasteiger partial charge in [0.15, 0.2) is 5.96 Å². The molecule has 1 aromatic rings. The normalized spacial score (nSPS) is 18.0. The number of guanidine groups is 1. The lowest BCUT2D eigenvalue weighted by atomic mass is 10.0. The van der Waals surface area contributed by atoms with Crippen molar-refractivity contribution < 1.29 is 4.74 Å². The number of para-hydroxylation sites is 1. The molecule has 0 bridgehead atoms. The molecule has 1 saturated heterocycles. The van der Waals surface area contributed by atoms with E-state index >= 15 is 0 Å². The van der Waals surface area contributed by atoms with Crippen LogP contribution in [0.3, 0.4) is 0 Å². The average Bonchev–Trinajstić information content (AvgIpc) is 2.67. The summed E-state index contributed by atoms with van der Waals surface area (Å²) in [6, 6.07) is 9.52. The number of rotatable bonds is 7. The van der Waals surface area contributed by atoms with Gasteiger partial charge in [-0.25, -0.2) is 0 Å². The maximum atomic E-state index is 5.56. The minimum Gasteiger partial charge on any atom is -0.496 e. The summed E-state index contributed by atoms with van der Waals surface area (Å²) >= 11 is 0. The Morgan fingerprint density at radius 2 is 1.93 bits per heavy atom. The summed E-state index contributed by atoms with van der Waals surface area (Å²) in [4.78, 5) is 9.18. The first kappa shape index (κ1) is 21.5. The minimum absolute atomic E-state index is 0.197. The molecule has 0 radical (unpaired) electrons. The molecule has 6 nitrogen and oxygen atoms in total. The number of hydrogen-bond acceptors (Lipinski definition) is 4. The minimum atomic E-state index is 0.197. The number of piperidine rings is 1. The fourth-order valence-electron chi connectivity index (χ4n) is 3.65. The molecule has 0 saturated carbocycles. The van der Waals surface area contributed by atoms with Gasteiger partial charge in [-0.1, -0.05) is 18.2 Å². The summed E-state index contributed by atoms with van der Waals surface area (Å²) in [6.07, 6.45) is 2.31. The van der Waals surface area contributed by atoms with Crippen molar-refractivity contribution in [3.63, 3.8) is 0 Å². The number of likely N-dealkylation sites (N-methyl/N-ethyl adjacent to an activating group) is 1. The van der Waals surface area contributed by atoms with E-state index in [1.807, 2.05) is 19.2 Å². The van der Waals surface area contributed by atoms with E-state index in [0.29, 0.717) is 12.1 Å². The maximum Gasteiger partial charge on any atom is 0.191 e. The van der Waals surface area contributed by atoms with Crippen molar-refractivity contribution in [2.24, 2.45) is 4.99 Å². The molecule has 1 atom stereocenters. The Labute approximate surface area is 165 Å². The van der Waals surface area contributed by atoms with Crippen molar-refractivity contribution in [3.05, 3.63) is 29.8 Å². The van der Waals surface area contributed by atoms with E-state index in [1.165, 1.54) is 5.56 Å². The lowest BCUT2D eigenvalue weighted by Crippen LogP contribution is -2.50.